The minimum absolute atomic E-state index is 0.695. The van der Waals surface area contributed by atoms with E-state index in [2.05, 4.69) is 34.1 Å². The van der Waals surface area contributed by atoms with Gasteiger partial charge in [-0.15, -0.1) is 0 Å². The van der Waals surface area contributed by atoms with Gasteiger partial charge in [-0.2, -0.15) is 0 Å². The highest BCUT2D eigenvalue weighted by atomic mass is 15.3. The van der Waals surface area contributed by atoms with Gasteiger partial charge in [-0.1, -0.05) is 0 Å². The molecule has 3 atom stereocenters. The van der Waals surface area contributed by atoms with Gasteiger partial charge >= 0.3 is 0 Å². The molecule has 0 aromatic rings. The molecule has 0 bridgehead atoms. The fraction of sp³-hybridized carbons (Fsp3) is 1.00. The van der Waals surface area contributed by atoms with Crippen LogP contribution < -0.4 is 5.32 Å². The number of piperazine rings is 1. The Morgan fingerprint density at radius 1 is 1.05 bits per heavy atom. The van der Waals surface area contributed by atoms with E-state index in [4.69, 9.17) is 0 Å². The second-order valence-corrected chi connectivity index (χ2v) is 6.86. The molecule has 4 heteroatoms. The van der Waals surface area contributed by atoms with Crippen LogP contribution in [-0.2, 0) is 0 Å². The average molecular weight is 266 g/mol. The average Bonchev–Trinajstić information content (AvgIpc) is 2.87. The largest absolute Gasteiger partial charge is 0.312 e. The topological polar surface area (TPSA) is 21.8 Å². The predicted octanol–water partition coefficient (Wildman–Crippen LogP) is 0.449. The number of nitrogens with one attached hydrogen (secondary N) is 1. The number of hydrogen-bond acceptors (Lipinski definition) is 4. The number of piperidine rings is 1. The summed E-state index contributed by atoms with van der Waals surface area (Å²) >= 11 is 0. The number of likely N-dealkylation sites (N-methyl/N-ethyl adjacent to an activating group) is 2. The van der Waals surface area contributed by atoms with Gasteiger partial charge < -0.3 is 15.1 Å². The summed E-state index contributed by atoms with van der Waals surface area (Å²) in [7, 11) is 4.52. The molecule has 3 unspecified atom stereocenters. The van der Waals surface area contributed by atoms with Gasteiger partial charge in [-0.25, -0.2) is 0 Å². The van der Waals surface area contributed by atoms with Crippen LogP contribution in [0.2, 0.25) is 0 Å². The Balaban J connectivity index is 1.44. The summed E-state index contributed by atoms with van der Waals surface area (Å²) in [6.07, 6.45) is 5.59. The van der Waals surface area contributed by atoms with Crippen LogP contribution in [0.3, 0.4) is 0 Å². The molecule has 3 saturated heterocycles. The van der Waals surface area contributed by atoms with Gasteiger partial charge in [-0.3, -0.25) is 4.90 Å². The first kappa shape index (κ1) is 13.8. The van der Waals surface area contributed by atoms with Crippen molar-refractivity contribution in [1.82, 2.24) is 20.0 Å². The number of nitrogens with zero attached hydrogens (tertiary/aromatic N) is 3. The third-order valence-electron chi connectivity index (χ3n) is 5.44. The molecule has 0 saturated carbocycles. The molecule has 3 rings (SSSR count). The van der Waals surface area contributed by atoms with Crippen molar-refractivity contribution in [2.45, 2.75) is 43.8 Å². The van der Waals surface area contributed by atoms with Gasteiger partial charge in [0.25, 0.3) is 0 Å². The van der Waals surface area contributed by atoms with E-state index < -0.39 is 0 Å². The van der Waals surface area contributed by atoms with Gasteiger partial charge in [0, 0.05) is 44.3 Å². The van der Waals surface area contributed by atoms with E-state index in [9.17, 15) is 0 Å². The molecular weight excluding hydrogens is 236 g/mol. The molecule has 1 N–H and O–H groups in total. The van der Waals surface area contributed by atoms with Crippen molar-refractivity contribution >= 4 is 0 Å². The molecular formula is C15H30N4. The Bertz CT molecular complexity index is 296. The summed E-state index contributed by atoms with van der Waals surface area (Å²) in [5.41, 5.74) is 0. The van der Waals surface area contributed by atoms with Crippen molar-refractivity contribution in [3.63, 3.8) is 0 Å². The van der Waals surface area contributed by atoms with Gasteiger partial charge in [-0.05, 0) is 52.9 Å². The second kappa shape index (κ2) is 6.08. The summed E-state index contributed by atoms with van der Waals surface area (Å²) in [5, 5.41) is 3.86. The lowest BCUT2D eigenvalue weighted by atomic mass is 9.97. The van der Waals surface area contributed by atoms with Crippen molar-refractivity contribution in [3.8, 4) is 0 Å². The number of rotatable bonds is 3. The predicted molar refractivity (Wildman–Crippen MR) is 79.5 cm³/mol. The summed E-state index contributed by atoms with van der Waals surface area (Å²) in [6.45, 7) is 7.48. The molecule has 3 aliphatic heterocycles. The standard InChI is InChI=1S/C15H30N4/c1-17-8-9-18(2)15(12-17)11-16-13-5-7-19-6-3-4-14(19)10-13/h13-16H,3-12H2,1-2H3. The summed E-state index contributed by atoms with van der Waals surface area (Å²) < 4.78 is 0. The lowest BCUT2D eigenvalue weighted by Crippen LogP contribution is -2.56. The minimum atomic E-state index is 0.695. The van der Waals surface area contributed by atoms with E-state index in [-0.39, 0.29) is 0 Å². The zero-order chi connectivity index (χ0) is 13.2. The first-order chi connectivity index (χ1) is 9.22. The first-order valence-electron chi connectivity index (χ1n) is 8.08. The number of hydrogen-bond donors (Lipinski definition) is 1. The third-order valence-corrected chi connectivity index (χ3v) is 5.44. The highest BCUT2D eigenvalue weighted by Gasteiger charge is 2.32. The Morgan fingerprint density at radius 2 is 1.95 bits per heavy atom. The lowest BCUT2D eigenvalue weighted by Gasteiger charge is -2.40. The van der Waals surface area contributed by atoms with Crippen LogP contribution in [0.15, 0.2) is 0 Å². The van der Waals surface area contributed by atoms with E-state index >= 15 is 0 Å². The maximum absolute atomic E-state index is 3.86. The van der Waals surface area contributed by atoms with E-state index in [1.54, 1.807) is 0 Å². The molecule has 110 valence electrons. The molecule has 0 radical (unpaired) electrons. The van der Waals surface area contributed by atoms with Crippen LogP contribution in [0.1, 0.15) is 25.7 Å². The Hall–Kier alpha value is -0.160. The lowest BCUT2D eigenvalue weighted by molar-refractivity contribution is 0.104. The van der Waals surface area contributed by atoms with Gasteiger partial charge in [0.1, 0.15) is 0 Å². The first-order valence-corrected chi connectivity index (χ1v) is 8.08. The molecule has 3 fully saturated rings. The van der Waals surface area contributed by atoms with Crippen LogP contribution in [0.5, 0.6) is 0 Å². The SMILES string of the molecule is CN1CCN(C)C(CNC2CCN3CCCC3C2)C1. The van der Waals surface area contributed by atoms with Crippen molar-refractivity contribution in [2.75, 3.05) is 53.4 Å². The smallest absolute Gasteiger partial charge is 0.0345 e. The fourth-order valence-corrected chi connectivity index (χ4v) is 4.03. The van der Waals surface area contributed by atoms with Gasteiger partial charge in [0.05, 0.1) is 0 Å². The Morgan fingerprint density at radius 3 is 2.84 bits per heavy atom. The Kier molecular flexibility index (Phi) is 4.42. The highest BCUT2D eigenvalue weighted by Crippen LogP contribution is 2.26. The summed E-state index contributed by atoms with van der Waals surface area (Å²) in [4.78, 5) is 7.70. The summed E-state index contributed by atoms with van der Waals surface area (Å²) in [5.74, 6) is 0. The molecule has 0 aromatic heterocycles. The zero-order valence-corrected chi connectivity index (χ0v) is 12.6. The van der Waals surface area contributed by atoms with Gasteiger partial charge in [0.15, 0.2) is 0 Å². The maximum atomic E-state index is 3.86. The Labute approximate surface area is 118 Å². The van der Waals surface area contributed by atoms with Crippen LogP contribution in [-0.4, -0.2) is 86.2 Å². The zero-order valence-electron chi connectivity index (χ0n) is 12.6. The van der Waals surface area contributed by atoms with Crippen molar-refractivity contribution in [2.24, 2.45) is 0 Å². The molecule has 0 spiro atoms. The van der Waals surface area contributed by atoms with E-state index in [0.717, 1.165) is 18.6 Å². The quantitative estimate of drug-likeness (QED) is 0.800. The fourth-order valence-electron chi connectivity index (χ4n) is 4.03. The van der Waals surface area contributed by atoms with Crippen LogP contribution >= 0.6 is 0 Å². The third kappa shape index (κ3) is 3.30. The molecule has 4 nitrogen and oxygen atoms in total. The van der Waals surface area contributed by atoms with Crippen molar-refractivity contribution < 1.29 is 0 Å². The summed E-state index contributed by atoms with van der Waals surface area (Å²) in [6, 6.07) is 2.35. The molecule has 3 aliphatic rings. The molecule has 0 amide bonds. The molecule has 0 aliphatic carbocycles. The van der Waals surface area contributed by atoms with Crippen LogP contribution in [0, 0.1) is 0 Å². The van der Waals surface area contributed by atoms with Crippen LogP contribution in [0.25, 0.3) is 0 Å². The van der Waals surface area contributed by atoms with Crippen LogP contribution in [0.4, 0.5) is 0 Å². The normalized spacial score (nSPS) is 38.5. The second-order valence-electron chi connectivity index (χ2n) is 6.86. The van der Waals surface area contributed by atoms with E-state index in [0.29, 0.717) is 6.04 Å². The molecule has 3 heterocycles. The molecule has 19 heavy (non-hydrogen) atoms. The maximum Gasteiger partial charge on any atom is 0.0345 e. The van der Waals surface area contributed by atoms with Gasteiger partial charge in [0.2, 0.25) is 0 Å². The minimum Gasteiger partial charge on any atom is -0.312 e. The number of fused-ring (bicyclic) bond motifs is 1. The van der Waals surface area contributed by atoms with Crippen molar-refractivity contribution in [1.29, 1.82) is 0 Å². The van der Waals surface area contributed by atoms with E-state index in [1.807, 2.05) is 0 Å². The molecule has 0 aromatic carbocycles. The monoisotopic (exact) mass is 266 g/mol. The van der Waals surface area contributed by atoms with E-state index in [1.165, 1.54) is 58.4 Å². The van der Waals surface area contributed by atoms with Crippen molar-refractivity contribution in [3.05, 3.63) is 0 Å². The highest BCUT2D eigenvalue weighted by molar-refractivity contribution is 4.90.